The lowest BCUT2D eigenvalue weighted by Crippen LogP contribution is -2.27. The zero-order chi connectivity index (χ0) is 15.5. The van der Waals surface area contributed by atoms with Crippen LogP contribution in [0.5, 0.6) is 0 Å². The number of nitrogens with two attached hydrogens (primary N) is 1. The first-order valence-electron chi connectivity index (χ1n) is 6.24. The third kappa shape index (κ3) is 4.28. The molecule has 0 aliphatic carbocycles. The van der Waals surface area contributed by atoms with Crippen molar-refractivity contribution in [3.63, 3.8) is 0 Å². The zero-order valence-electron chi connectivity index (χ0n) is 11.7. The first kappa shape index (κ1) is 16.6. The molecule has 0 radical (unpaired) electrons. The number of benzene rings is 1. The molecule has 0 aliphatic heterocycles. The van der Waals surface area contributed by atoms with Crippen LogP contribution in [0.25, 0.3) is 0 Å². The van der Waals surface area contributed by atoms with E-state index >= 15 is 0 Å². The highest BCUT2D eigenvalue weighted by molar-refractivity contribution is 7.89. The van der Waals surface area contributed by atoms with E-state index in [1.165, 1.54) is 6.92 Å². The number of hydrogen-bond donors (Lipinski definition) is 2. The Morgan fingerprint density at radius 3 is 2.50 bits per heavy atom. The summed E-state index contributed by atoms with van der Waals surface area (Å²) in [4.78, 5) is 11.6. The Labute approximate surface area is 118 Å². The average Bonchev–Trinajstić information content (AvgIpc) is 2.30. The number of primary sulfonamides is 1. The van der Waals surface area contributed by atoms with Crippen molar-refractivity contribution in [3.8, 4) is 0 Å². The van der Waals surface area contributed by atoms with Gasteiger partial charge in [-0.3, -0.25) is 4.79 Å². The fourth-order valence-corrected chi connectivity index (χ4v) is 2.26. The number of rotatable bonds is 5. The van der Waals surface area contributed by atoms with Gasteiger partial charge < -0.3 is 5.32 Å². The molecule has 0 saturated heterocycles. The number of carbonyl (C=O) groups is 1. The number of halogens is 1. The summed E-state index contributed by atoms with van der Waals surface area (Å²) in [5.41, 5.74) is -0.247. The van der Waals surface area contributed by atoms with E-state index in [0.717, 1.165) is 18.6 Å². The fraction of sp³-hybridized carbons (Fsp3) is 0.462. The molecule has 5 nitrogen and oxygen atoms in total. The van der Waals surface area contributed by atoms with Crippen LogP contribution in [0.4, 0.5) is 4.39 Å². The van der Waals surface area contributed by atoms with Gasteiger partial charge in [-0.2, -0.15) is 0 Å². The lowest BCUT2D eigenvalue weighted by molar-refractivity contribution is 0.0947. The summed E-state index contributed by atoms with van der Waals surface area (Å²) in [6.07, 6.45) is 0.751. The number of hydrogen-bond acceptors (Lipinski definition) is 3. The van der Waals surface area contributed by atoms with Gasteiger partial charge in [0.25, 0.3) is 5.91 Å². The summed E-state index contributed by atoms with van der Waals surface area (Å²) in [7, 11) is -3.98. The van der Waals surface area contributed by atoms with E-state index in [2.05, 4.69) is 5.32 Å². The van der Waals surface area contributed by atoms with Crippen LogP contribution in [-0.4, -0.2) is 20.9 Å². The monoisotopic (exact) mass is 302 g/mol. The lowest BCUT2D eigenvalue weighted by Gasteiger charge is -2.10. The van der Waals surface area contributed by atoms with E-state index in [9.17, 15) is 17.6 Å². The van der Waals surface area contributed by atoms with Crippen molar-refractivity contribution in [3.05, 3.63) is 29.1 Å². The summed E-state index contributed by atoms with van der Waals surface area (Å²) in [5, 5.41) is 7.57. The summed E-state index contributed by atoms with van der Waals surface area (Å²) < 4.78 is 36.5. The molecule has 0 spiro atoms. The predicted octanol–water partition coefficient (Wildman–Crippen LogP) is 1.56. The molecule has 3 N–H and O–H groups in total. The van der Waals surface area contributed by atoms with Crippen LogP contribution >= 0.6 is 0 Å². The van der Waals surface area contributed by atoms with Crippen LogP contribution < -0.4 is 10.5 Å². The van der Waals surface area contributed by atoms with Crippen molar-refractivity contribution >= 4 is 15.9 Å². The van der Waals surface area contributed by atoms with Crippen LogP contribution in [0.2, 0.25) is 0 Å². The minimum atomic E-state index is -3.98. The number of amides is 1. The second-order valence-electron chi connectivity index (χ2n) is 5.09. The molecule has 112 valence electrons. The van der Waals surface area contributed by atoms with Crippen molar-refractivity contribution in [2.75, 3.05) is 6.54 Å². The molecule has 0 bridgehead atoms. The van der Waals surface area contributed by atoms with Gasteiger partial charge in [0, 0.05) is 6.54 Å². The normalized spacial score (nSPS) is 11.7. The van der Waals surface area contributed by atoms with Crippen LogP contribution in [-0.2, 0) is 10.0 Å². The molecule has 0 atom stereocenters. The molecule has 20 heavy (non-hydrogen) atoms. The number of carbonyl (C=O) groups excluding carboxylic acids is 1. The summed E-state index contributed by atoms with van der Waals surface area (Å²) in [5.74, 6) is -0.978. The van der Waals surface area contributed by atoms with Gasteiger partial charge >= 0.3 is 0 Å². The maximum absolute atomic E-state index is 13.9. The molecule has 0 aromatic heterocycles. The fourth-order valence-electron chi connectivity index (χ4n) is 1.64. The number of aryl methyl sites for hydroxylation is 1. The van der Waals surface area contributed by atoms with Crippen molar-refractivity contribution in [2.45, 2.75) is 32.1 Å². The number of sulfonamides is 1. The summed E-state index contributed by atoms with van der Waals surface area (Å²) in [6, 6.07) is 2.07. The SMILES string of the molecule is Cc1cc(S(N)(=O)=O)cc(C(=O)NCCC(C)C)c1F. The minimum absolute atomic E-state index is 0.0607. The van der Waals surface area contributed by atoms with Crippen molar-refractivity contribution in [1.82, 2.24) is 5.32 Å². The van der Waals surface area contributed by atoms with Crippen LogP contribution in [0, 0.1) is 18.7 Å². The van der Waals surface area contributed by atoms with Gasteiger partial charge in [0.05, 0.1) is 10.5 Å². The van der Waals surface area contributed by atoms with Gasteiger partial charge in [0.2, 0.25) is 10.0 Å². The van der Waals surface area contributed by atoms with E-state index in [1.807, 2.05) is 13.8 Å². The van der Waals surface area contributed by atoms with Gasteiger partial charge in [0.1, 0.15) is 5.82 Å². The Balaban J connectivity index is 3.05. The first-order chi connectivity index (χ1) is 9.12. The van der Waals surface area contributed by atoms with Crippen LogP contribution in [0.1, 0.15) is 36.2 Å². The van der Waals surface area contributed by atoms with Gasteiger partial charge in [-0.25, -0.2) is 17.9 Å². The molecule has 7 heteroatoms. The standard InChI is InChI=1S/C13H19FN2O3S/c1-8(2)4-5-16-13(17)11-7-10(20(15,18)19)6-9(3)12(11)14/h6-8H,4-5H2,1-3H3,(H,16,17)(H2,15,18,19). The van der Waals surface area contributed by atoms with Gasteiger partial charge in [0.15, 0.2) is 0 Å². The smallest absolute Gasteiger partial charge is 0.254 e. The molecule has 1 aromatic carbocycles. The van der Waals surface area contributed by atoms with E-state index < -0.39 is 21.7 Å². The van der Waals surface area contributed by atoms with E-state index in [-0.39, 0.29) is 16.0 Å². The third-order valence-electron chi connectivity index (χ3n) is 2.81. The van der Waals surface area contributed by atoms with Crippen LogP contribution in [0.15, 0.2) is 17.0 Å². The topological polar surface area (TPSA) is 89.3 Å². The largest absolute Gasteiger partial charge is 0.352 e. The highest BCUT2D eigenvalue weighted by Gasteiger charge is 2.19. The first-order valence-corrected chi connectivity index (χ1v) is 7.78. The van der Waals surface area contributed by atoms with Crippen molar-refractivity contribution in [2.24, 2.45) is 11.1 Å². The van der Waals surface area contributed by atoms with Gasteiger partial charge in [-0.05, 0) is 37.0 Å². The van der Waals surface area contributed by atoms with Crippen LogP contribution in [0.3, 0.4) is 0 Å². The summed E-state index contributed by atoms with van der Waals surface area (Å²) >= 11 is 0. The maximum atomic E-state index is 13.9. The second kappa shape index (κ2) is 6.32. The van der Waals surface area contributed by atoms with E-state index in [0.29, 0.717) is 12.5 Å². The highest BCUT2D eigenvalue weighted by atomic mass is 32.2. The molecule has 0 fully saturated rings. The molecular weight excluding hydrogens is 283 g/mol. The van der Waals surface area contributed by atoms with E-state index in [1.54, 1.807) is 0 Å². The Kier molecular flexibility index (Phi) is 5.24. The quantitative estimate of drug-likeness (QED) is 0.865. The Morgan fingerprint density at radius 1 is 1.40 bits per heavy atom. The lowest BCUT2D eigenvalue weighted by atomic mass is 10.1. The molecule has 1 aromatic rings. The third-order valence-corrected chi connectivity index (χ3v) is 3.70. The second-order valence-corrected chi connectivity index (χ2v) is 6.65. The Hall–Kier alpha value is -1.47. The van der Waals surface area contributed by atoms with Crippen molar-refractivity contribution in [1.29, 1.82) is 0 Å². The van der Waals surface area contributed by atoms with Crippen molar-refractivity contribution < 1.29 is 17.6 Å². The summed E-state index contributed by atoms with van der Waals surface area (Å²) in [6.45, 7) is 5.78. The minimum Gasteiger partial charge on any atom is -0.352 e. The number of nitrogens with one attached hydrogen (secondary N) is 1. The molecule has 0 unspecified atom stereocenters. The predicted molar refractivity (Wildman–Crippen MR) is 74.3 cm³/mol. The Bertz CT molecular complexity index is 612. The zero-order valence-corrected chi connectivity index (χ0v) is 12.6. The molecule has 1 rings (SSSR count). The molecule has 0 heterocycles. The molecular formula is C13H19FN2O3S. The van der Waals surface area contributed by atoms with Gasteiger partial charge in [-0.1, -0.05) is 13.8 Å². The molecule has 0 saturated carbocycles. The molecule has 1 amide bonds. The van der Waals surface area contributed by atoms with Gasteiger partial charge in [-0.15, -0.1) is 0 Å². The van der Waals surface area contributed by atoms with E-state index in [4.69, 9.17) is 5.14 Å². The average molecular weight is 302 g/mol. The molecule has 0 aliphatic rings. The highest BCUT2D eigenvalue weighted by Crippen LogP contribution is 2.18. The Morgan fingerprint density at radius 2 is 2.00 bits per heavy atom. The maximum Gasteiger partial charge on any atom is 0.254 e.